The van der Waals surface area contributed by atoms with E-state index >= 15 is 0 Å². The minimum Gasteiger partial charge on any atom is -0.208 e. The molecule has 5 aliphatic carbocycles. The molecule has 0 saturated carbocycles. The Morgan fingerprint density at radius 1 is 0.221 bits per heavy atom. The van der Waals surface area contributed by atoms with Crippen molar-refractivity contribution in [1.82, 2.24) is 29.9 Å². The van der Waals surface area contributed by atoms with Crippen LogP contribution in [-0.4, -0.2) is 29.9 Å². The van der Waals surface area contributed by atoms with Gasteiger partial charge in [0.05, 0.1) is 0 Å². The average Bonchev–Trinajstić information content (AvgIpc) is 0.871. The minimum atomic E-state index is -0.137. The van der Waals surface area contributed by atoms with Gasteiger partial charge < -0.3 is 0 Å². The fraction of sp³-hybridized carbons (Fsp3) is 0.100. The van der Waals surface area contributed by atoms with Gasteiger partial charge in [-0.05, 0) is 112 Å². The van der Waals surface area contributed by atoms with Crippen molar-refractivity contribution in [2.24, 2.45) is 0 Å². The number of benzene rings is 11. The van der Waals surface area contributed by atoms with Crippen LogP contribution in [0.25, 0.3) is 113 Å². The van der Waals surface area contributed by atoms with Crippen molar-refractivity contribution in [2.75, 3.05) is 0 Å². The monoisotopic (exact) mass is 1100 g/mol. The summed E-state index contributed by atoms with van der Waals surface area (Å²) in [6.45, 7) is 9.34. The smallest absolute Gasteiger partial charge is 0.164 e. The molecule has 11 aromatic carbocycles. The van der Waals surface area contributed by atoms with Crippen LogP contribution in [-0.2, 0) is 10.8 Å². The highest BCUT2D eigenvalue weighted by atomic mass is 15.0. The maximum atomic E-state index is 5.47. The number of aromatic nitrogens is 6. The Morgan fingerprint density at radius 3 is 0.942 bits per heavy atom. The third-order valence-corrected chi connectivity index (χ3v) is 19.0. The van der Waals surface area contributed by atoms with Crippen LogP contribution < -0.4 is 0 Å². The number of nitrogens with zero attached hydrogens (tertiary/aromatic N) is 6. The summed E-state index contributed by atoms with van der Waals surface area (Å²) in [4.78, 5) is 32.2. The van der Waals surface area contributed by atoms with Crippen molar-refractivity contribution in [1.29, 1.82) is 0 Å². The van der Waals surface area contributed by atoms with Crippen LogP contribution in [0.15, 0.2) is 255 Å². The molecule has 0 radical (unpaired) electrons. The Kier molecular flexibility index (Phi) is 11.0. The van der Waals surface area contributed by atoms with Gasteiger partial charge >= 0.3 is 0 Å². The molecule has 2 heterocycles. The molecule has 0 saturated heterocycles. The number of hydrogen-bond donors (Lipinski definition) is 0. The molecule has 0 amide bonds. The summed E-state index contributed by atoms with van der Waals surface area (Å²) in [5, 5.41) is 0. The molecule has 0 fully saturated rings. The highest BCUT2D eigenvalue weighted by Crippen LogP contribution is 2.58. The number of fused-ring (bicyclic) bond motifs is 6. The normalized spacial score (nSPS) is 15.6. The molecular weight excluding hydrogens is 1040 g/mol. The fourth-order valence-electron chi connectivity index (χ4n) is 15.0. The van der Waals surface area contributed by atoms with Crippen molar-refractivity contribution < 1.29 is 0 Å². The third kappa shape index (κ3) is 7.52. The fourth-order valence-corrected chi connectivity index (χ4v) is 15.0. The molecule has 86 heavy (non-hydrogen) atoms. The van der Waals surface area contributed by atoms with E-state index in [1.165, 1.54) is 89.0 Å². The summed E-state index contributed by atoms with van der Waals surface area (Å²) in [5.41, 5.74) is 28.1. The zero-order valence-corrected chi connectivity index (χ0v) is 48.1. The van der Waals surface area contributed by atoms with Crippen LogP contribution >= 0.6 is 0 Å². The Morgan fingerprint density at radius 2 is 0.523 bits per heavy atom. The van der Waals surface area contributed by atoms with E-state index < -0.39 is 0 Å². The van der Waals surface area contributed by atoms with Gasteiger partial charge in [-0.15, -0.1) is 0 Å². The molecule has 6 heteroatoms. The van der Waals surface area contributed by atoms with Gasteiger partial charge in [-0.1, -0.05) is 270 Å². The zero-order chi connectivity index (χ0) is 57.4. The van der Waals surface area contributed by atoms with Gasteiger partial charge in [0, 0.05) is 56.0 Å². The second-order valence-corrected chi connectivity index (χ2v) is 24.4. The first-order valence-corrected chi connectivity index (χ1v) is 29.8. The van der Waals surface area contributed by atoms with E-state index in [1.54, 1.807) is 0 Å². The van der Waals surface area contributed by atoms with Gasteiger partial charge in [0.2, 0.25) is 0 Å². The molecule has 2 atom stereocenters. The van der Waals surface area contributed by atoms with Crippen LogP contribution in [0, 0.1) is 0 Å². The van der Waals surface area contributed by atoms with Crippen molar-refractivity contribution in [2.45, 2.75) is 50.4 Å². The maximum Gasteiger partial charge on any atom is 0.164 e. The summed E-state index contributed by atoms with van der Waals surface area (Å²) in [5.74, 6) is 3.74. The molecule has 18 rings (SSSR count). The Bertz CT molecular complexity index is 4650. The van der Waals surface area contributed by atoms with Crippen molar-refractivity contribution >= 4 is 0 Å². The standard InChI is InChI=1S/C80H56N6/c1-79(2)65-37-19-17-33-61(65)71-53(35-21-39-67(71)79)51-27-11-15-31-59(51)77-83-73(47-23-7-5-8-24-47)81-75(85-77)49-41-43-57-63(45-49)69-55-29-13-14-30-56(55)70(57)64-46-50(42-44-58(64)69)76-82-74(48-25-9-6-10-26-48)84-78(86-76)60-32-16-12-28-52(60)54-36-22-40-68-72(54)62-34-18-20-38-66(62)80(68,3)4/h5-46,69-70H,1-4H3. The molecule has 2 aromatic heterocycles. The van der Waals surface area contributed by atoms with Crippen LogP contribution in [0.3, 0.4) is 0 Å². The van der Waals surface area contributed by atoms with Crippen LogP contribution in [0.2, 0.25) is 0 Å². The lowest BCUT2D eigenvalue weighted by Gasteiger charge is -2.42. The molecule has 406 valence electrons. The molecule has 0 spiro atoms. The summed E-state index contributed by atoms with van der Waals surface area (Å²) in [6, 6.07) is 91.8. The summed E-state index contributed by atoms with van der Waals surface area (Å²) in [6.07, 6.45) is 0. The first-order valence-electron chi connectivity index (χ1n) is 29.8. The molecule has 0 aliphatic heterocycles. The lowest BCUT2D eigenvalue weighted by molar-refractivity contribution is 0.660. The van der Waals surface area contributed by atoms with E-state index in [0.717, 1.165) is 44.5 Å². The topological polar surface area (TPSA) is 77.3 Å². The summed E-state index contributed by atoms with van der Waals surface area (Å²) < 4.78 is 0. The van der Waals surface area contributed by atoms with Gasteiger partial charge in [0.1, 0.15) is 0 Å². The van der Waals surface area contributed by atoms with E-state index in [0.29, 0.717) is 34.9 Å². The molecular formula is C80H56N6. The molecule has 2 unspecified atom stereocenters. The van der Waals surface area contributed by atoms with Crippen molar-refractivity contribution in [3.63, 3.8) is 0 Å². The first kappa shape index (κ1) is 50.0. The van der Waals surface area contributed by atoms with Gasteiger partial charge in [-0.3, -0.25) is 0 Å². The number of rotatable bonds is 8. The van der Waals surface area contributed by atoms with Crippen LogP contribution in [0.1, 0.15) is 95.2 Å². The van der Waals surface area contributed by atoms with Gasteiger partial charge in [0.25, 0.3) is 0 Å². The van der Waals surface area contributed by atoms with Gasteiger partial charge in [-0.25, -0.2) is 29.9 Å². The largest absolute Gasteiger partial charge is 0.208 e. The van der Waals surface area contributed by atoms with Gasteiger partial charge in [0.15, 0.2) is 34.9 Å². The maximum absolute atomic E-state index is 5.47. The van der Waals surface area contributed by atoms with Crippen LogP contribution in [0.4, 0.5) is 0 Å². The second kappa shape index (κ2) is 19.0. The van der Waals surface area contributed by atoms with E-state index in [1.807, 2.05) is 36.4 Å². The highest BCUT2D eigenvalue weighted by molar-refractivity contribution is 5.98. The predicted octanol–water partition coefficient (Wildman–Crippen LogP) is 19.0. The van der Waals surface area contributed by atoms with Gasteiger partial charge in [-0.2, -0.15) is 0 Å². The summed E-state index contributed by atoms with van der Waals surface area (Å²) >= 11 is 0. The van der Waals surface area contributed by atoms with E-state index in [9.17, 15) is 0 Å². The zero-order valence-electron chi connectivity index (χ0n) is 48.1. The minimum absolute atomic E-state index is 0.0264. The van der Waals surface area contributed by atoms with Crippen molar-refractivity contribution in [3.8, 4) is 113 Å². The Hall–Kier alpha value is -10.6. The molecule has 2 bridgehead atoms. The van der Waals surface area contributed by atoms with E-state index in [4.69, 9.17) is 29.9 Å². The molecule has 5 aliphatic rings. The molecule has 0 N–H and O–H groups in total. The molecule has 13 aromatic rings. The van der Waals surface area contributed by atoms with E-state index in [-0.39, 0.29) is 22.7 Å². The SMILES string of the molecule is CC1(C)c2ccccc2-c2c(-c3ccccc3-c3nc(-c4ccccc4)nc(-c4ccc5c(c4)C4c6ccccc6C5c5cc(-c6nc(-c7ccccc7)nc(-c7ccccc7-c7cccc8c7-c7ccccc7C8(C)C)n6)ccc54)n3)cccc21. The van der Waals surface area contributed by atoms with Crippen LogP contribution in [0.5, 0.6) is 0 Å². The Balaban J connectivity index is 0.789. The third-order valence-electron chi connectivity index (χ3n) is 19.0. The summed E-state index contributed by atoms with van der Waals surface area (Å²) in [7, 11) is 0. The quantitative estimate of drug-likeness (QED) is 0.151. The second-order valence-electron chi connectivity index (χ2n) is 24.4. The average molecular weight is 1100 g/mol. The Labute approximate surface area is 500 Å². The lowest BCUT2D eigenvalue weighted by Crippen LogP contribution is -2.27. The first-order chi connectivity index (χ1) is 42.2. The predicted molar refractivity (Wildman–Crippen MR) is 347 cm³/mol. The lowest BCUT2D eigenvalue weighted by atomic mass is 9.61. The highest BCUT2D eigenvalue weighted by Gasteiger charge is 2.43. The number of hydrogen-bond acceptors (Lipinski definition) is 6. The van der Waals surface area contributed by atoms with Crippen molar-refractivity contribution in [3.05, 3.63) is 310 Å². The molecule has 6 nitrogen and oxygen atoms in total. The van der Waals surface area contributed by atoms with E-state index in [2.05, 4.69) is 246 Å².